The molecule has 0 saturated heterocycles. The highest BCUT2D eigenvalue weighted by atomic mass is 32.2. The van der Waals surface area contributed by atoms with Crippen LogP contribution < -0.4 is 14.8 Å². The van der Waals surface area contributed by atoms with Crippen LogP contribution in [0.25, 0.3) is 0 Å². The lowest BCUT2D eigenvalue weighted by molar-refractivity contribution is -0.192. The number of carbonyl (C=O) groups is 2. The topological polar surface area (TPSA) is 122 Å². The minimum atomic E-state index is -5.08. The van der Waals surface area contributed by atoms with Crippen LogP contribution in [0.2, 0.25) is 0 Å². The molecule has 1 aliphatic carbocycles. The summed E-state index contributed by atoms with van der Waals surface area (Å²) in [5.41, 5.74) is 0.918. The van der Waals surface area contributed by atoms with Crippen LogP contribution in [0.5, 0.6) is 5.75 Å². The highest BCUT2D eigenvalue weighted by molar-refractivity contribution is 7.92. The molecular weight excluding hydrogens is 513 g/mol. The van der Waals surface area contributed by atoms with Gasteiger partial charge >= 0.3 is 12.1 Å². The molecule has 0 atom stereocenters. The Morgan fingerprint density at radius 3 is 2.03 bits per heavy atom. The van der Waals surface area contributed by atoms with Gasteiger partial charge in [0.2, 0.25) is 5.91 Å². The van der Waals surface area contributed by atoms with Crippen molar-refractivity contribution in [1.82, 2.24) is 5.32 Å². The third kappa shape index (κ3) is 8.66. The third-order valence-corrected chi connectivity index (χ3v) is 6.97. The summed E-state index contributed by atoms with van der Waals surface area (Å²) >= 11 is 0. The maximum atomic E-state index is 12.6. The molecule has 1 aliphatic rings. The predicted molar refractivity (Wildman–Crippen MR) is 132 cm³/mol. The number of benzene rings is 2. The van der Waals surface area contributed by atoms with E-state index in [2.05, 4.69) is 23.9 Å². The molecule has 0 spiro atoms. The van der Waals surface area contributed by atoms with Gasteiger partial charge in [-0.05, 0) is 74.1 Å². The lowest BCUT2D eigenvalue weighted by Crippen LogP contribution is -2.35. The highest BCUT2D eigenvalue weighted by Gasteiger charge is 2.51. The Balaban J connectivity index is 0.000000604. The molecule has 0 aromatic heterocycles. The number of alkyl halides is 3. The molecule has 8 nitrogen and oxygen atoms in total. The first-order valence-electron chi connectivity index (χ1n) is 11.7. The molecule has 2 aromatic rings. The van der Waals surface area contributed by atoms with Crippen molar-refractivity contribution < 1.29 is 41.0 Å². The Hall–Kier alpha value is -3.28. The molecule has 37 heavy (non-hydrogen) atoms. The van der Waals surface area contributed by atoms with Gasteiger partial charge in [-0.2, -0.15) is 13.2 Å². The number of nitrogens with one attached hydrogen (secondary N) is 2. The molecule has 1 saturated carbocycles. The average molecular weight is 545 g/mol. The lowest BCUT2D eigenvalue weighted by Gasteiger charge is -2.17. The van der Waals surface area contributed by atoms with Crippen LogP contribution in [0.1, 0.15) is 45.6 Å². The van der Waals surface area contributed by atoms with E-state index in [-0.39, 0.29) is 10.8 Å². The molecule has 0 heterocycles. The summed E-state index contributed by atoms with van der Waals surface area (Å²) in [6.45, 7) is 7.33. The molecule has 1 amide bonds. The molecule has 12 heteroatoms. The summed E-state index contributed by atoms with van der Waals surface area (Å²) in [6.07, 6.45) is -2.50. The Labute approximate surface area is 214 Å². The normalized spacial score (nSPS) is 14.2. The quantitative estimate of drug-likeness (QED) is 0.398. The number of ether oxygens (including phenoxy) is 1. The van der Waals surface area contributed by atoms with Crippen LogP contribution in [0.3, 0.4) is 0 Å². The van der Waals surface area contributed by atoms with Crippen molar-refractivity contribution in [2.24, 2.45) is 5.92 Å². The monoisotopic (exact) mass is 544 g/mol. The van der Waals surface area contributed by atoms with Crippen molar-refractivity contribution >= 4 is 27.6 Å². The molecule has 1 fully saturated rings. The highest BCUT2D eigenvalue weighted by Crippen LogP contribution is 2.48. The van der Waals surface area contributed by atoms with Crippen LogP contribution in [0, 0.1) is 5.92 Å². The third-order valence-electron chi connectivity index (χ3n) is 5.57. The number of sulfonamides is 1. The van der Waals surface area contributed by atoms with Crippen molar-refractivity contribution in [3.8, 4) is 5.75 Å². The summed E-state index contributed by atoms with van der Waals surface area (Å²) in [5.74, 6) is -1.52. The van der Waals surface area contributed by atoms with E-state index in [0.29, 0.717) is 30.5 Å². The second-order valence-corrected chi connectivity index (χ2v) is 10.6. The predicted octanol–water partition coefficient (Wildman–Crippen LogP) is 4.71. The molecule has 0 aliphatic heterocycles. The fraction of sp³-hybridized carbons (Fsp3) is 0.440. The molecule has 3 rings (SSSR count). The number of amides is 1. The number of hydrogen-bond donors (Lipinski definition) is 3. The van der Waals surface area contributed by atoms with E-state index in [9.17, 15) is 26.4 Å². The number of hydrogen-bond acceptors (Lipinski definition) is 5. The zero-order valence-electron chi connectivity index (χ0n) is 20.8. The number of rotatable bonds is 10. The number of aliphatic carboxylic acids is 1. The SMILES string of the molecule is CCOc1ccc(S(=O)(=O)Nc2ccc(C3(C(=O)NCCC(C)C)CC3)cc2)cc1.O=C(O)C(F)(F)F. The van der Waals surface area contributed by atoms with Crippen LogP contribution >= 0.6 is 0 Å². The van der Waals surface area contributed by atoms with Gasteiger partial charge in [-0.1, -0.05) is 26.0 Å². The smallest absolute Gasteiger partial charge is 0.490 e. The molecule has 0 unspecified atom stereocenters. The van der Waals surface area contributed by atoms with E-state index < -0.39 is 27.6 Å². The number of halogens is 3. The molecule has 0 bridgehead atoms. The lowest BCUT2D eigenvalue weighted by atomic mass is 9.94. The van der Waals surface area contributed by atoms with E-state index in [0.717, 1.165) is 24.8 Å². The Morgan fingerprint density at radius 2 is 1.59 bits per heavy atom. The van der Waals surface area contributed by atoms with Crippen molar-refractivity contribution in [2.75, 3.05) is 17.9 Å². The summed E-state index contributed by atoms with van der Waals surface area (Å²) in [5, 5.41) is 10.2. The van der Waals surface area contributed by atoms with E-state index >= 15 is 0 Å². The fourth-order valence-corrected chi connectivity index (χ4v) is 4.43. The largest absolute Gasteiger partial charge is 0.494 e. The number of carboxylic acid groups (broad SMARTS) is 1. The summed E-state index contributed by atoms with van der Waals surface area (Å²) in [7, 11) is -3.70. The summed E-state index contributed by atoms with van der Waals surface area (Å²) < 4.78 is 64.9. The van der Waals surface area contributed by atoms with Gasteiger partial charge in [-0.25, -0.2) is 13.2 Å². The second-order valence-electron chi connectivity index (χ2n) is 8.91. The maximum absolute atomic E-state index is 12.6. The van der Waals surface area contributed by atoms with Gasteiger partial charge in [0.1, 0.15) is 5.75 Å². The molecular formula is C25H31F3N2O6S. The van der Waals surface area contributed by atoms with Gasteiger partial charge in [-0.3, -0.25) is 9.52 Å². The molecule has 204 valence electrons. The minimum absolute atomic E-state index is 0.0610. The van der Waals surface area contributed by atoms with Crippen LogP contribution in [-0.2, 0) is 25.0 Å². The maximum Gasteiger partial charge on any atom is 0.490 e. The Bertz CT molecular complexity index is 1160. The summed E-state index contributed by atoms with van der Waals surface area (Å²) in [4.78, 5) is 21.7. The van der Waals surface area contributed by atoms with E-state index in [4.69, 9.17) is 14.6 Å². The van der Waals surface area contributed by atoms with E-state index in [1.54, 1.807) is 24.3 Å². The first kappa shape index (κ1) is 29.9. The number of anilines is 1. The van der Waals surface area contributed by atoms with Gasteiger partial charge in [0.05, 0.1) is 16.9 Å². The second kappa shape index (κ2) is 12.3. The van der Waals surface area contributed by atoms with Crippen molar-refractivity contribution in [2.45, 2.75) is 56.5 Å². The first-order valence-corrected chi connectivity index (χ1v) is 13.1. The van der Waals surface area contributed by atoms with Gasteiger partial charge < -0.3 is 15.2 Å². The number of carbonyl (C=O) groups excluding carboxylic acids is 1. The molecule has 0 radical (unpaired) electrons. The summed E-state index contributed by atoms with van der Waals surface area (Å²) in [6, 6.07) is 13.4. The van der Waals surface area contributed by atoms with Crippen molar-refractivity contribution in [1.29, 1.82) is 0 Å². The minimum Gasteiger partial charge on any atom is -0.494 e. The van der Waals surface area contributed by atoms with E-state index in [1.807, 2.05) is 19.1 Å². The zero-order valence-corrected chi connectivity index (χ0v) is 21.6. The van der Waals surface area contributed by atoms with Crippen LogP contribution in [0.4, 0.5) is 18.9 Å². The first-order chi connectivity index (χ1) is 17.2. The zero-order chi connectivity index (χ0) is 27.9. The van der Waals surface area contributed by atoms with Crippen LogP contribution in [-0.4, -0.2) is 44.7 Å². The van der Waals surface area contributed by atoms with Gasteiger partial charge in [-0.15, -0.1) is 0 Å². The Morgan fingerprint density at radius 1 is 1.05 bits per heavy atom. The molecule has 2 aromatic carbocycles. The Kier molecular flexibility index (Phi) is 9.96. The molecule has 3 N–H and O–H groups in total. The van der Waals surface area contributed by atoms with Crippen molar-refractivity contribution in [3.05, 3.63) is 54.1 Å². The van der Waals surface area contributed by atoms with Gasteiger partial charge in [0.15, 0.2) is 0 Å². The standard InChI is InChI=1S/C23H30N2O4S.C2HF3O2/c1-4-29-20-9-11-21(12-10-20)30(27,28)25-19-7-5-18(6-8-19)23(14-15-23)22(26)24-16-13-17(2)3;3-2(4,5)1(6)7/h5-12,17,25H,4,13-16H2,1-3H3,(H,24,26);(H,6,7). The van der Waals surface area contributed by atoms with Crippen molar-refractivity contribution in [3.63, 3.8) is 0 Å². The van der Waals surface area contributed by atoms with Gasteiger partial charge in [0.25, 0.3) is 10.0 Å². The fourth-order valence-electron chi connectivity index (χ4n) is 3.37. The van der Waals surface area contributed by atoms with Gasteiger partial charge in [0, 0.05) is 12.2 Å². The van der Waals surface area contributed by atoms with Crippen LogP contribution in [0.15, 0.2) is 53.4 Å². The number of carboxylic acids is 1. The average Bonchev–Trinajstić information content (AvgIpc) is 3.62. The van der Waals surface area contributed by atoms with E-state index in [1.165, 1.54) is 12.1 Å².